The maximum absolute atomic E-state index is 12.8. The van der Waals surface area contributed by atoms with Gasteiger partial charge in [0.2, 0.25) is 0 Å². The number of carbonyl (C=O) groups excluding carboxylic acids is 2. The fourth-order valence-corrected chi connectivity index (χ4v) is 11.5. The summed E-state index contributed by atoms with van der Waals surface area (Å²) in [6.07, 6.45) is 81.5. The highest BCUT2D eigenvalue weighted by Gasteiger charge is 2.27. The number of carbonyl (C=O) groups is 2. The summed E-state index contributed by atoms with van der Waals surface area (Å²) >= 11 is 0. The van der Waals surface area contributed by atoms with E-state index in [1.54, 1.807) is 0 Å². The molecule has 0 aromatic heterocycles. The zero-order chi connectivity index (χ0) is 59.8. The summed E-state index contributed by atoms with van der Waals surface area (Å²) in [4.78, 5) is 35.8. The molecule has 10 heteroatoms. The molecule has 2 atom stereocenters. The van der Waals surface area contributed by atoms with Gasteiger partial charge in [0, 0.05) is 12.8 Å². The number of hydrogen-bond acceptors (Lipinski definition) is 7. The van der Waals surface area contributed by atoms with Gasteiger partial charge < -0.3 is 18.9 Å². The van der Waals surface area contributed by atoms with E-state index in [4.69, 9.17) is 18.5 Å². The highest BCUT2D eigenvalue weighted by Crippen LogP contribution is 2.43. The van der Waals surface area contributed by atoms with E-state index in [0.29, 0.717) is 23.9 Å². The van der Waals surface area contributed by atoms with Crippen LogP contribution in [-0.2, 0) is 32.7 Å². The summed E-state index contributed by atoms with van der Waals surface area (Å²) in [6.45, 7) is 4.36. The molecule has 0 aliphatic rings. The minimum absolute atomic E-state index is 0.0308. The summed E-state index contributed by atoms with van der Waals surface area (Å²) < 4.78 is 34.6. The molecule has 0 aromatic rings. The Balaban J connectivity index is 3.82. The number of hydrogen-bond donors (Lipinski definition) is 1. The summed E-state index contributed by atoms with van der Waals surface area (Å²) in [5.74, 6) is -0.793. The van der Waals surface area contributed by atoms with Gasteiger partial charge in [0.1, 0.15) is 19.8 Å². The highest BCUT2D eigenvalue weighted by molar-refractivity contribution is 7.47. The zero-order valence-electron chi connectivity index (χ0n) is 55.3. The summed E-state index contributed by atoms with van der Waals surface area (Å²) in [5, 5.41) is 0. The van der Waals surface area contributed by atoms with Gasteiger partial charge in [-0.15, -0.1) is 0 Å². The molecule has 0 saturated carbocycles. The molecule has 9 nitrogen and oxygen atoms in total. The van der Waals surface area contributed by atoms with E-state index in [1.807, 2.05) is 21.1 Å². The Morgan fingerprint density at radius 1 is 0.390 bits per heavy atom. The van der Waals surface area contributed by atoms with Crippen LogP contribution in [0.15, 0.2) is 36.5 Å². The number of rotatable bonds is 67. The van der Waals surface area contributed by atoms with Crippen molar-refractivity contribution in [2.24, 2.45) is 0 Å². The molecule has 0 heterocycles. The van der Waals surface area contributed by atoms with Gasteiger partial charge in [-0.25, -0.2) is 4.57 Å². The van der Waals surface area contributed by atoms with Crippen LogP contribution >= 0.6 is 7.82 Å². The second kappa shape index (κ2) is 63.7. The van der Waals surface area contributed by atoms with Crippen LogP contribution in [0, 0.1) is 0 Å². The molecule has 0 spiro atoms. The van der Waals surface area contributed by atoms with Gasteiger partial charge in [0.05, 0.1) is 27.7 Å². The van der Waals surface area contributed by atoms with Crippen molar-refractivity contribution in [2.45, 2.75) is 367 Å². The van der Waals surface area contributed by atoms with E-state index in [-0.39, 0.29) is 25.6 Å². The quantitative estimate of drug-likeness (QED) is 0.0211. The molecule has 82 heavy (non-hydrogen) atoms. The normalized spacial score (nSPS) is 13.3. The molecule has 0 fully saturated rings. The number of unbranched alkanes of at least 4 members (excludes halogenated alkanes) is 47. The third kappa shape index (κ3) is 67.4. The Morgan fingerprint density at radius 2 is 0.695 bits per heavy atom. The molecular formula is C72H139NO8P+. The topological polar surface area (TPSA) is 108 Å². The lowest BCUT2D eigenvalue weighted by atomic mass is 10.0. The molecule has 0 amide bonds. The summed E-state index contributed by atoms with van der Waals surface area (Å²) in [5.41, 5.74) is 0. The lowest BCUT2D eigenvalue weighted by Crippen LogP contribution is -2.37. The Hall–Kier alpha value is -1.77. The van der Waals surface area contributed by atoms with E-state index in [2.05, 4.69) is 50.3 Å². The number of likely N-dealkylation sites (N-methyl/N-ethyl adjacent to an activating group) is 1. The van der Waals surface area contributed by atoms with Crippen molar-refractivity contribution in [1.29, 1.82) is 0 Å². The van der Waals surface area contributed by atoms with Crippen LogP contribution in [0.25, 0.3) is 0 Å². The predicted octanol–water partition coefficient (Wildman–Crippen LogP) is 23.1. The van der Waals surface area contributed by atoms with E-state index in [1.165, 1.54) is 263 Å². The van der Waals surface area contributed by atoms with Gasteiger partial charge in [-0.1, -0.05) is 339 Å². The molecule has 0 rings (SSSR count). The summed E-state index contributed by atoms with van der Waals surface area (Å²) in [6, 6.07) is 0. The first-order valence-electron chi connectivity index (χ1n) is 35.7. The molecule has 2 unspecified atom stereocenters. The first kappa shape index (κ1) is 80.2. The van der Waals surface area contributed by atoms with E-state index in [0.717, 1.165) is 64.2 Å². The third-order valence-corrected chi connectivity index (χ3v) is 17.2. The second-order valence-corrected chi connectivity index (χ2v) is 27.1. The Kier molecular flexibility index (Phi) is 62.3. The van der Waals surface area contributed by atoms with Crippen LogP contribution in [0.4, 0.5) is 0 Å². The maximum atomic E-state index is 12.8. The van der Waals surface area contributed by atoms with Gasteiger partial charge in [0.25, 0.3) is 0 Å². The van der Waals surface area contributed by atoms with Crippen molar-refractivity contribution in [3.63, 3.8) is 0 Å². The van der Waals surface area contributed by atoms with Crippen LogP contribution in [0.5, 0.6) is 0 Å². The van der Waals surface area contributed by atoms with E-state index < -0.39 is 26.5 Å². The van der Waals surface area contributed by atoms with Crippen molar-refractivity contribution < 1.29 is 42.1 Å². The Labute approximate surface area is 510 Å². The molecule has 484 valence electrons. The minimum atomic E-state index is -4.39. The third-order valence-electron chi connectivity index (χ3n) is 16.2. The van der Waals surface area contributed by atoms with Crippen molar-refractivity contribution in [3.8, 4) is 0 Å². The number of phosphoric acid groups is 1. The monoisotopic (exact) mass is 1180 g/mol. The first-order valence-corrected chi connectivity index (χ1v) is 37.2. The summed E-state index contributed by atoms with van der Waals surface area (Å²) in [7, 11) is 1.48. The first-order chi connectivity index (χ1) is 40.0. The fourth-order valence-electron chi connectivity index (χ4n) is 10.7. The average molecular weight is 1180 g/mol. The molecule has 0 radical (unpaired) electrons. The molecule has 1 N–H and O–H groups in total. The molecule has 0 aliphatic heterocycles. The minimum Gasteiger partial charge on any atom is -0.462 e. The van der Waals surface area contributed by atoms with Gasteiger partial charge >= 0.3 is 19.8 Å². The number of phosphoric ester groups is 1. The van der Waals surface area contributed by atoms with E-state index in [9.17, 15) is 19.0 Å². The Bertz CT molecular complexity index is 1480. The number of allylic oxidation sites excluding steroid dienone is 6. The van der Waals surface area contributed by atoms with Gasteiger partial charge in [-0.3, -0.25) is 18.6 Å². The smallest absolute Gasteiger partial charge is 0.462 e. The van der Waals surface area contributed by atoms with E-state index >= 15 is 0 Å². The number of nitrogens with zero attached hydrogens (tertiary/aromatic N) is 1. The lowest BCUT2D eigenvalue weighted by molar-refractivity contribution is -0.870. The zero-order valence-corrected chi connectivity index (χ0v) is 56.1. The number of ether oxygens (including phenoxy) is 2. The fraction of sp³-hybridized carbons (Fsp3) is 0.889. The maximum Gasteiger partial charge on any atom is 0.472 e. The molecule has 0 saturated heterocycles. The highest BCUT2D eigenvalue weighted by atomic mass is 31.2. The molecular weight excluding hydrogens is 1040 g/mol. The standard InChI is InChI=1S/C72H138NO8P/c1-6-8-10-12-14-16-18-20-22-24-25-26-27-28-29-30-31-32-33-34-35-36-37-38-39-40-41-42-43-44-45-46-47-49-50-52-54-56-58-60-62-64-71(74)78-68-70(69-80-82(76,77)79-67-66-73(3,4)5)81-72(75)65-63-61-59-57-55-53-51-48-23-21-19-17-15-13-11-9-7-2/h9,11,15,17,21,23,70H,6-8,10,12-14,16,18-20,22,24-69H2,1-5H3/p+1/b11-9-,17-15-,23-21-. The van der Waals surface area contributed by atoms with Crippen LogP contribution in [-0.4, -0.2) is 74.9 Å². The largest absolute Gasteiger partial charge is 0.472 e. The average Bonchev–Trinajstić information content (AvgIpc) is 3.46. The number of esters is 2. The van der Waals surface area contributed by atoms with Gasteiger partial charge in [-0.05, 0) is 44.9 Å². The second-order valence-electron chi connectivity index (χ2n) is 25.6. The van der Waals surface area contributed by atoms with Gasteiger partial charge in [-0.2, -0.15) is 0 Å². The van der Waals surface area contributed by atoms with Crippen molar-refractivity contribution in [1.82, 2.24) is 0 Å². The Morgan fingerprint density at radius 3 is 1.04 bits per heavy atom. The van der Waals surface area contributed by atoms with Crippen molar-refractivity contribution >= 4 is 19.8 Å². The molecule has 0 aromatic carbocycles. The van der Waals surface area contributed by atoms with Crippen molar-refractivity contribution in [2.75, 3.05) is 47.5 Å². The van der Waals surface area contributed by atoms with Crippen LogP contribution in [0.1, 0.15) is 361 Å². The van der Waals surface area contributed by atoms with Crippen LogP contribution < -0.4 is 0 Å². The number of quaternary nitrogens is 1. The van der Waals surface area contributed by atoms with Crippen molar-refractivity contribution in [3.05, 3.63) is 36.5 Å². The lowest BCUT2D eigenvalue weighted by Gasteiger charge is -2.24. The SMILES string of the molecule is CC/C=C\C/C=C\C/C=C\CCCCCCCCCC(=O)OC(COC(=O)CCCCCCCCCCCCCCCCCCCCCCCCCCCCCCCCCCCCCCCCCCC)COP(=O)(O)OCC[N+](C)(C)C. The van der Waals surface area contributed by atoms with Gasteiger partial charge in [0.15, 0.2) is 6.10 Å². The van der Waals surface area contributed by atoms with Crippen LogP contribution in [0.3, 0.4) is 0 Å². The molecule has 0 bridgehead atoms. The van der Waals surface area contributed by atoms with Crippen LogP contribution in [0.2, 0.25) is 0 Å². The predicted molar refractivity (Wildman–Crippen MR) is 354 cm³/mol. The molecule has 0 aliphatic carbocycles.